The third kappa shape index (κ3) is 5.05. The first-order chi connectivity index (χ1) is 30.4. The van der Waals surface area contributed by atoms with Gasteiger partial charge < -0.3 is 9.64 Å². The van der Waals surface area contributed by atoms with E-state index < -0.39 is 17.2 Å². The lowest BCUT2D eigenvalue weighted by atomic mass is 9.67. The third-order valence-corrected chi connectivity index (χ3v) is 13.3. The summed E-state index contributed by atoms with van der Waals surface area (Å²) in [4.78, 5) is 2.17. The molecule has 0 amide bonds. The Morgan fingerprint density at radius 3 is 1.08 bits per heavy atom. The highest BCUT2D eigenvalue weighted by molar-refractivity contribution is 5.97. The number of anilines is 3. The van der Waals surface area contributed by atoms with Crippen LogP contribution in [0.4, 0.5) is 30.2 Å². The van der Waals surface area contributed by atoms with Gasteiger partial charge in [-0.1, -0.05) is 170 Å². The van der Waals surface area contributed by atoms with Gasteiger partial charge in [-0.05, 0) is 126 Å². The molecule has 9 aromatic rings. The van der Waals surface area contributed by atoms with Crippen LogP contribution in [-0.4, -0.2) is 6.36 Å². The number of alkyl halides is 3. The normalized spacial score (nSPS) is 14.3. The first kappa shape index (κ1) is 36.2. The Balaban J connectivity index is 1.12. The second-order valence-corrected chi connectivity index (χ2v) is 16.3. The highest BCUT2D eigenvalue weighted by atomic mass is 19.4. The summed E-state index contributed by atoms with van der Waals surface area (Å²) in [6, 6.07) is 75.6. The number of ether oxygens (including phenoxy) is 1. The summed E-state index contributed by atoms with van der Waals surface area (Å²) < 4.78 is 44.8. The predicted molar refractivity (Wildman–Crippen MR) is 241 cm³/mol. The van der Waals surface area contributed by atoms with Crippen LogP contribution in [0.5, 0.6) is 5.75 Å². The molecule has 1 spiro atoms. The zero-order valence-electron chi connectivity index (χ0n) is 33.3. The summed E-state index contributed by atoms with van der Waals surface area (Å²) in [7, 11) is 0. The van der Waals surface area contributed by atoms with E-state index in [0.717, 1.165) is 50.3 Å². The van der Waals surface area contributed by atoms with Gasteiger partial charge in [-0.2, -0.15) is 0 Å². The minimum atomic E-state index is -4.81. The molecule has 12 rings (SSSR count). The standard InChI is InChI=1S/C57H36F3NO/c58-57(59,60)62-42-31-27-39(28-32-42)61(40-29-33-47-45-21-7-11-23-49(45)55(53(47)35-40,37-15-3-1-4-16-37)38-17-5-2-6-18-38)41-30-34-48-46-22-10-14-26-52(46)56(54(48)36-41)50-24-12-8-19-43(50)44-20-9-13-25-51(44)56/h1-36H. The molecule has 0 atom stereocenters. The van der Waals surface area contributed by atoms with E-state index in [9.17, 15) is 13.2 Å². The fourth-order valence-corrected chi connectivity index (χ4v) is 11.0. The number of rotatable bonds is 6. The van der Waals surface area contributed by atoms with Gasteiger partial charge in [-0.25, -0.2) is 0 Å². The molecular formula is C57H36F3NO. The number of nitrogens with zero attached hydrogens (tertiary/aromatic N) is 1. The smallest absolute Gasteiger partial charge is 0.406 e. The molecule has 3 aliphatic carbocycles. The van der Waals surface area contributed by atoms with Crippen LogP contribution in [0.25, 0.3) is 33.4 Å². The molecule has 3 aliphatic rings. The summed E-state index contributed by atoms with van der Waals surface area (Å²) in [5.41, 5.74) is 17.7. The van der Waals surface area contributed by atoms with Crippen LogP contribution in [0.1, 0.15) is 44.5 Å². The van der Waals surface area contributed by atoms with Crippen LogP contribution in [0.2, 0.25) is 0 Å². The quantitative estimate of drug-likeness (QED) is 0.166. The molecule has 0 saturated carbocycles. The van der Waals surface area contributed by atoms with Crippen molar-refractivity contribution in [2.75, 3.05) is 4.90 Å². The third-order valence-electron chi connectivity index (χ3n) is 13.3. The van der Waals surface area contributed by atoms with Gasteiger partial charge in [-0.3, -0.25) is 0 Å². The molecule has 0 radical (unpaired) electrons. The average Bonchev–Trinajstić information content (AvgIpc) is 3.90. The second-order valence-electron chi connectivity index (χ2n) is 16.3. The summed E-state index contributed by atoms with van der Waals surface area (Å²) in [5, 5.41) is 0. The molecule has 0 aliphatic heterocycles. The van der Waals surface area contributed by atoms with Crippen LogP contribution in [-0.2, 0) is 10.8 Å². The maximum atomic E-state index is 13.5. The fraction of sp³-hybridized carbons (Fsp3) is 0.0526. The highest BCUT2D eigenvalue weighted by Crippen LogP contribution is 2.64. The maximum absolute atomic E-state index is 13.5. The molecular weight excluding hydrogens is 772 g/mol. The molecule has 5 heteroatoms. The summed E-state index contributed by atoms with van der Waals surface area (Å²) in [6.07, 6.45) is -4.81. The molecule has 0 aromatic heterocycles. The van der Waals surface area contributed by atoms with Crippen LogP contribution in [0, 0.1) is 0 Å². The Morgan fingerprint density at radius 1 is 0.323 bits per heavy atom. The van der Waals surface area contributed by atoms with Crippen molar-refractivity contribution in [3.8, 4) is 39.1 Å². The van der Waals surface area contributed by atoms with E-state index in [4.69, 9.17) is 0 Å². The number of fused-ring (bicyclic) bond motifs is 13. The van der Waals surface area contributed by atoms with Crippen molar-refractivity contribution in [2.45, 2.75) is 17.2 Å². The summed E-state index contributed by atoms with van der Waals surface area (Å²) in [5.74, 6) is -0.277. The van der Waals surface area contributed by atoms with E-state index in [1.54, 1.807) is 12.1 Å². The Kier molecular flexibility index (Phi) is 7.85. The lowest BCUT2D eigenvalue weighted by molar-refractivity contribution is -0.274. The predicted octanol–water partition coefficient (Wildman–Crippen LogP) is 14.8. The Bertz CT molecular complexity index is 3000. The zero-order valence-corrected chi connectivity index (χ0v) is 33.3. The molecule has 0 bridgehead atoms. The largest absolute Gasteiger partial charge is 0.573 e. The fourth-order valence-electron chi connectivity index (χ4n) is 11.0. The SMILES string of the molecule is FC(F)(F)Oc1ccc(N(c2ccc3c(c2)C(c2ccccc2)(c2ccccc2)c2ccccc2-3)c2ccc3c(c2)C2(c4ccccc4-c4ccccc42)c2ccccc2-3)cc1. The molecule has 9 aromatic carbocycles. The first-order valence-corrected chi connectivity index (χ1v) is 20.8. The number of halogens is 3. The zero-order chi connectivity index (χ0) is 41.6. The van der Waals surface area contributed by atoms with Gasteiger partial charge in [0, 0.05) is 17.1 Å². The molecule has 62 heavy (non-hydrogen) atoms. The topological polar surface area (TPSA) is 12.5 Å². The van der Waals surface area contributed by atoms with E-state index in [2.05, 4.69) is 192 Å². The average molecular weight is 808 g/mol. The van der Waals surface area contributed by atoms with Crippen molar-refractivity contribution in [2.24, 2.45) is 0 Å². The molecule has 0 heterocycles. The van der Waals surface area contributed by atoms with Gasteiger partial charge in [0.1, 0.15) is 5.75 Å². The lowest BCUT2D eigenvalue weighted by Gasteiger charge is -2.35. The Hall–Kier alpha value is -7.63. The Morgan fingerprint density at radius 2 is 0.661 bits per heavy atom. The van der Waals surface area contributed by atoms with Crippen molar-refractivity contribution in [3.05, 3.63) is 263 Å². The second kappa shape index (κ2) is 13.4. The number of benzene rings is 9. The minimum absolute atomic E-state index is 0.277. The van der Waals surface area contributed by atoms with E-state index >= 15 is 0 Å². The minimum Gasteiger partial charge on any atom is -0.406 e. The molecule has 2 nitrogen and oxygen atoms in total. The van der Waals surface area contributed by atoms with Crippen LogP contribution in [0.15, 0.2) is 218 Å². The van der Waals surface area contributed by atoms with Crippen LogP contribution >= 0.6 is 0 Å². The van der Waals surface area contributed by atoms with E-state index in [0.29, 0.717) is 5.69 Å². The van der Waals surface area contributed by atoms with E-state index in [-0.39, 0.29) is 5.75 Å². The molecule has 0 fully saturated rings. The first-order valence-electron chi connectivity index (χ1n) is 20.8. The van der Waals surface area contributed by atoms with Gasteiger partial charge in [0.25, 0.3) is 0 Å². The lowest BCUT2D eigenvalue weighted by Crippen LogP contribution is -2.28. The van der Waals surface area contributed by atoms with Gasteiger partial charge >= 0.3 is 6.36 Å². The van der Waals surface area contributed by atoms with Crippen molar-refractivity contribution >= 4 is 17.1 Å². The van der Waals surface area contributed by atoms with Crippen LogP contribution < -0.4 is 9.64 Å². The van der Waals surface area contributed by atoms with E-state index in [1.165, 1.54) is 51.1 Å². The molecule has 0 unspecified atom stereocenters. The van der Waals surface area contributed by atoms with Crippen molar-refractivity contribution < 1.29 is 17.9 Å². The van der Waals surface area contributed by atoms with Crippen molar-refractivity contribution in [3.63, 3.8) is 0 Å². The molecule has 0 N–H and O–H groups in total. The molecule has 296 valence electrons. The van der Waals surface area contributed by atoms with Crippen LogP contribution in [0.3, 0.4) is 0 Å². The van der Waals surface area contributed by atoms with Gasteiger partial charge in [-0.15, -0.1) is 13.2 Å². The Labute approximate surface area is 357 Å². The monoisotopic (exact) mass is 807 g/mol. The highest BCUT2D eigenvalue weighted by Gasteiger charge is 2.52. The van der Waals surface area contributed by atoms with Crippen molar-refractivity contribution in [1.82, 2.24) is 0 Å². The van der Waals surface area contributed by atoms with E-state index in [1.807, 2.05) is 12.1 Å². The summed E-state index contributed by atoms with van der Waals surface area (Å²) in [6.45, 7) is 0. The van der Waals surface area contributed by atoms with Gasteiger partial charge in [0.15, 0.2) is 0 Å². The maximum Gasteiger partial charge on any atom is 0.573 e. The van der Waals surface area contributed by atoms with Gasteiger partial charge in [0.05, 0.1) is 10.8 Å². The number of hydrogen-bond acceptors (Lipinski definition) is 2. The van der Waals surface area contributed by atoms with Gasteiger partial charge in [0.2, 0.25) is 0 Å². The summed E-state index contributed by atoms with van der Waals surface area (Å²) >= 11 is 0. The number of hydrogen-bond donors (Lipinski definition) is 0. The molecule has 0 saturated heterocycles. The van der Waals surface area contributed by atoms with Crippen molar-refractivity contribution in [1.29, 1.82) is 0 Å².